The smallest absolute Gasteiger partial charge is 0.0483 e. The number of hydrogen-bond acceptors (Lipinski definition) is 2. The number of rotatable bonds is 2. The molecule has 1 heterocycles. The minimum absolute atomic E-state index is 0.449. The lowest BCUT2D eigenvalue weighted by Crippen LogP contribution is -2.46. The van der Waals surface area contributed by atoms with Crippen LogP contribution in [0.15, 0.2) is 60.7 Å². The molecule has 0 radical (unpaired) electrons. The maximum Gasteiger partial charge on any atom is 0.0483 e. The summed E-state index contributed by atoms with van der Waals surface area (Å²) in [5, 5.41) is 3.51. The van der Waals surface area contributed by atoms with E-state index in [1.165, 1.54) is 11.1 Å². The Morgan fingerprint density at radius 2 is 1.47 bits per heavy atom. The monoisotopic (exact) mass is 252 g/mol. The van der Waals surface area contributed by atoms with Crippen molar-refractivity contribution in [3.05, 3.63) is 71.8 Å². The third kappa shape index (κ3) is 2.55. The zero-order valence-electron chi connectivity index (χ0n) is 11.3. The van der Waals surface area contributed by atoms with Crippen LogP contribution in [0.25, 0.3) is 0 Å². The highest BCUT2D eigenvalue weighted by Crippen LogP contribution is 2.36. The zero-order chi connectivity index (χ0) is 13.1. The summed E-state index contributed by atoms with van der Waals surface area (Å²) < 4.78 is 0. The Labute approximate surface area is 115 Å². The van der Waals surface area contributed by atoms with Crippen LogP contribution in [0.3, 0.4) is 0 Å². The van der Waals surface area contributed by atoms with Gasteiger partial charge < -0.3 is 5.32 Å². The van der Waals surface area contributed by atoms with Crippen LogP contribution in [-0.2, 0) is 0 Å². The van der Waals surface area contributed by atoms with Gasteiger partial charge in [-0.3, -0.25) is 4.90 Å². The minimum atomic E-state index is 0.449. The first-order valence-corrected chi connectivity index (χ1v) is 6.87. The average molecular weight is 252 g/mol. The second kappa shape index (κ2) is 5.55. The van der Waals surface area contributed by atoms with Crippen molar-refractivity contribution in [2.75, 3.05) is 20.3 Å². The van der Waals surface area contributed by atoms with Crippen LogP contribution < -0.4 is 5.32 Å². The van der Waals surface area contributed by atoms with Gasteiger partial charge in [0, 0.05) is 25.2 Å². The van der Waals surface area contributed by atoms with E-state index in [4.69, 9.17) is 0 Å². The Morgan fingerprint density at radius 1 is 0.895 bits per heavy atom. The van der Waals surface area contributed by atoms with E-state index in [1.54, 1.807) is 0 Å². The van der Waals surface area contributed by atoms with E-state index in [0.29, 0.717) is 12.0 Å². The Morgan fingerprint density at radius 3 is 2.11 bits per heavy atom. The lowest BCUT2D eigenvalue weighted by atomic mass is 9.85. The highest BCUT2D eigenvalue weighted by Gasteiger charge is 2.31. The van der Waals surface area contributed by atoms with Gasteiger partial charge in [-0.2, -0.15) is 0 Å². The van der Waals surface area contributed by atoms with Crippen LogP contribution >= 0.6 is 0 Å². The quantitative estimate of drug-likeness (QED) is 0.884. The van der Waals surface area contributed by atoms with Crippen LogP contribution in [0.1, 0.15) is 23.1 Å². The van der Waals surface area contributed by atoms with Crippen molar-refractivity contribution in [2.24, 2.45) is 0 Å². The van der Waals surface area contributed by atoms with Crippen molar-refractivity contribution in [2.45, 2.75) is 12.0 Å². The Balaban J connectivity index is 1.97. The molecule has 0 aromatic heterocycles. The third-order valence-corrected chi connectivity index (χ3v) is 3.95. The van der Waals surface area contributed by atoms with E-state index in [2.05, 4.69) is 77.9 Å². The van der Waals surface area contributed by atoms with Gasteiger partial charge in [0.2, 0.25) is 0 Å². The van der Waals surface area contributed by atoms with Crippen molar-refractivity contribution >= 4 is 0 Å². The Bertz CT molecular complexity index is 509. The first kappa shape index (κ1) is 12.4. The molecule has 0 spiro atoms. The molecule has 1 saturated heterocycles. The number of hydrogen-bond donors (Lipinski definition) is 1. The molecular weight excluding hydrogens is 232 g/mol. The molecule has 1 N–H and O–H groups in total. The van der Waals surface area contributed by atoms with E-state index in [0.717, 1.165) is 13.2 Å². The molecule has 1 aliphatic rings. The summed E-state index contributed by atoms with van der Waals surface area (Å²) in [5.74, 6) is 0.502. The zero-order valence-corrected chi connectivity index (χ0v) is 11.3. The molecular formula is C17H20N2. The number of benzene rings is 2. The summed E-state index contributed by atoms with van der Waals surface area (Å²) in [4.78, 5) is 2.40. The molecule has 2 nitrogen and oxygen atoms in total. The number of nitrogens with zero attached hydrogens (tertiary/aromatic N) is 1. The number of likely N-dealkylation sites (N-methyl/N-ethyl adjacent to an activating group) is 1. The second-order valence-corrected chi connectivity index (χ2v) is 5.24. The summed E-state index contributed by atoms with van der Waals surface area (Å²) in [6.07, 6.45) is 0. The average Bonchev–Trinajstić information content (AvgIpc) is 2.49. The van der Waals surface area contributed by atoms with Crippen LogP contribution in [0.2, 0.25) is 0 Å². The van der Waals surface area contributed by atoms with Crippen LogP contribution in [0.5, 0.6) is 0 Å². The highest BCUT2D eigenvalue weighted by atomic mass is 15.3. The second-order valence-electron chi connectivity index (χ2n) is 5.24. The van der Waals surface area contributed by atoms with Crippen LogP contribution in [0.4, 0.5) is 0 Å². The van der Waals surface area contributed by atoms with E-state index < -0.39 is 0 Å². The SMILES string of the molecule is CN1CNC[C@@H](c2ccccc2)[C@@H]1c1ccccc1. The van der Waals surface area contributed by atoms with Gasteiger partial charge in [-0.1, -0.05) is 60.7 Å². The molecule has 0 saturated carbocycles. The van der Waals surface area contributed by atoms with Crippen molar-refractivity contribution < 1.29 is 0 Å². The van der Waals surface area contributed by atoms with Gasteiger partial charge in [-0.05, 0) is 18.2 Å². The molecule has 2 aromatic carbocycles. The van der Waals surface area contributed by atoms with Gasteiger partial charge in [0.1, 0.15) is 0 Å². The molecule has 0 bridgehead atoms. The van der Waals surface area contributed by atoms with Gasteiger partial charge in [0.25, 0.3) is 0 Å². The molecule has 2 aromatic rings. The standard InChI is InChI=1S/C17H20N2/c1-19-13-18-12-16(14-8-4-2-5-9-14)17(19)15-10-6-3-7-11-15/h2-11,16-18H,12-13H2,1H3/t16-,17-/m0/s1. The summed E-state index contributed by atoms with van der Waals surface area (Å²) in [7, 11) is 2.19. The topological polar surface area (TPSA) is 15.3 Å². The molecule has 1 aliphatic heterocycles. The first-order valence-electron chi connectivity index (χ1n) is 6.87. The maximum atomic E-state index is 3.51. The summed E-state index contributed by atoms with van der Waals surface area (Å²) in [5.41, 5.74) is 2.82. The molecule has 0 amide bonds. The fraction of sp³-hybridized carbons (Fsp3) is 0.294. The number of nitrogens with one attached hydrogen (secondary N) is 1. The maximum absolute atomic E-state index is 3.51. The first-order chi connectivity index (χ1) is 9.36. The van der Waals surface area contributed by atoms with E-state index in [1.807, 2.05) is 0 Å². The van der Waals surface area contributed by atoms with Crippen LogP contribution in [0, 0.1) is 0 Å². The predicted octanol–water partition coefficient (Wildman–Crippen LogP) is 3.00. The predicted molar refractivity (Wildman–Crippen MR) is 79.0 cm³/mol. The van der Waals surface area contributed by atoms with E-state index in [9.17, 15) is 0 Å². The fourth-order valence-corrected chi connectivity index (χ4v) is 3.05. The molecule has 1 fully saturated rings. The van der Waals surface area contributed by atoms with Crippen molar-refractivity contribution in [3.8, 4) is 0 Å². The molecule has 3 rings (SSSR count). The fourth-order valence-electron chi connectivity index (χ4n) is 3.05. The van der Waals surface area contributed by atoms with Crippen molar-refractivity contribution in [1.29, 1.82) is 0 Å². The van der Waals surface area contributed by atoms with Gasteiger partial charge in [-0.25, -0.2) is 0 Å². The van der Waals surface area contributed by atoms with Gasteiger partial charge >= 0.3 is 0 Å². The molecule has 2 atom stereocenters. The highest BCUT2D eigenvalue weighted by molar-refractivity contribution is 5.29. The van der Waals surface area contributed by atoms with Crippen molar-refractivity contribution in [1.82, 2.24) is 10.2 Å². The van der Waals surface area contributed by atoms with E-state index >= 15 is 0 Å². The van der Waals surface area contributed by atoms with Gasteiger partial charge in [-0.15, -0.1) is 0 Å². The summed E-state index contributed by atoms with van der Waals surface area (Å²) in [6, 6.07) is 22.1. The Kier molecular flexibility index (Phi) is 3.62. The lowest BCUT2D eigenvalue weighted by Gasteiger charge is -2.40. The summed E-state index contributed by atoms with van der Waals surface area (Å²) >= 11 is 0. The molecule has 0 aliphatic carbocycles. The summed E-state index contributed by atoms with van der Waals surface area (Å²) in [6.45, 7) is 1.98. The van der Waals surface area contributed by atoms with Gasteiger partial charge in [0.15, 0.2) is 0 Å². The largest absolute Gasteiger partial charge is 0.304 e. The Hall–Kier alpha value is -1.64. The normalized spacial score (nSPS) is 24.3. The third-order valence-electron chi connectivity index (χ3n) is 3.95. The molecule has 2 heteroatoms. The van der Waals surface area contributed by atoms with E-state index in [-0.39, 0.29) is 0 Å². The molecule has 98 valence electrons. The van der Waals surface area contributed by atoms with Gasteiger partial charge in [0.05, 0.1) is 0 Å². The molecule has 19 heavy (non-hydrogen) atoms. The lowest BCUT2D eigenvalue weighted by molar-refractivity contribution is 0.152. The van der Waals surface area contributed by atoms with Crippen LogP contribution in [-0.4, -0.2) is 25.2 Å². The van der Waals surface area contributed by atoms with Crippen molar-refractivity contribution in [3.63, 3.8) is 0 Å². The minimum Gasteiger partial charge on any atom is -0.304 e. The molecule has 0 unspecified atom stereocenters.